The molecule has 2 N–H and O–H groups in total. The van der Waals surface area contributed by atoms with Crippen LogP contribution < -0.4 is 5.32 Å². The van der Waals surface area contributed by atoms with Crippen LogP contribution in [0, 0.1) is 0 Å². The zero-order valence-electron chi connectivity index (χ0n) is 54.8. The molecule has 0 aromatic heterocycles. The molecule has 0 aromatic rings. The number of nitrogens with one attached hydrogen (secondary N) is 1. The van der Waals surface area contributed by atoms with Gasteiger partial charge in [0.1, 0.15) is 19.3 Å². The normalized spacial score (nSPS) is 13.7. The van der Waals surface area contributed by atoms with E-state index in [1.807, 2.05) is 33.3 Å². The highest BCUT2D eigenvalue weighted by Gasteiger charge is 2.30. The number of phosphoric ester groups is 1. The summed E-state index contributed by atoms with van der Waals surface area (Å²) in [5.74, 6) is -0.492. The van der Waals surface area contributed by atoms with Crippen molar-refractivity contribution in [2.75, 3.05) is 40.9 Å². The van der Waals surface area contributed by atoms with Gasteiger partial charge in [-0.2, -0.15) is 0 Å². The van der Waals surface area contributed by atoms with Gasteiger partial charge in [-0.3, -0.25) is 18.6 Å². The van der Waals surface area contributed by atoms with Crippen LogP contribution >= 0.6 is 7.82 Å². The summed E-state index contributed by atoms with van der Waals surface area (Å²) >= 11 is 0. The van der Waals surface area contributed by atoms with Gasteiger partial charge in [0.2, 0.25) is 5.91 Å². The summed E-state index contributed by atoms with van der Waals surface area (Å²) in [6.07, 6.45) is 75.9. The lowest BCUT2D eigenvalue weighted by Gasteiger charge is -2.27. The van der Waals surface area contributed by atoms with E-state index in [1.165, 1.54) is 263 Å². The number of esters is 1. The molecule has 478 valence electrons. The Morgan fingerprint density at radius 1 is 0.420 bits per heavy atom. The van der Waals surface area contributed by atoms with Gasteiger partial charge >= 0.3 is 13.8 Å². The van der Waals surface area contributed by atoms with Gasteiger partial charge in [0, 0.05) is 12.8 Å². The third-order valence-corrected chi connectivity index (χ3v) is 17.0. The minimum Gasteiger partial charge on any atom is -0.456 e. The monoisotopic (exact) mass is 1160 g/mol. The minimum absolute atomic E-state index is 0.0422. The van der Waals surface area contributed by atoms with E-state index in [0.29, 0.717) is 23.9 Å². The summed E-state index contributed by atoms with van der Waals surface area (Å²) in [5.41, 5.74) is 0. The van der Waals surface area contributed by atoms with Gasteiger partial charge in [0.25, 0.3) is 0 Å². The van der Waals surface area contributed by atoms with Gasteiger partial charge in [-0.15, -0.1) is 0 Å². The van der Waals surface area contributed by atoms with Crippen molar-refractivity contribution in [1.82, 2.24) is 5.32 Å². The molecule has 3 unspecified atom stereocenters. The third-order valence-electron chi connectivity index (χ3n) is 16.1. The molecule has 0 heterocycles. The molecule has 9 nitrogen and oxygen atoms in total. The van der Waals surface area contributed by atoms with Crippen LogP contribution in [0.15, 0.2) is 36.5 Å². The van der Waals surface area contributed by atoms with Crippen LogP contribution in [0.5, 0.6) is 0 Å². The van der Waals surface area contributed by atoms with Crippen molar-refractivity contribution >= 4 is 19.7 Å². The Kier molecular flexibility index (Phi) is 60.0. The summed E-state index contributed by atoms with van der Waals surface area (Å²) in [6.45, 7) is 7.05. The van der Waals surface area contributed by atoms with E-state index in [4.69, 9.17) is 13.8 Å². The molecule has 0 aliphatic rings. The summed E-state index contributed by atoms with van der Waals surface area (Å²) in [6, 6.07) is -0.847. The SMILES string of the molecule is CCCCCC/C=C\CCCCCCCCCC(=O)OC(/C=C\CCCCCCCCCCCCC)C(COP(=O)(O)OCC[N+](C)(C)C)NC(=O)CCCCCCCCCCCCCCCCCCC/C=C/CCCCCCCC. The zero-order valence-corrected chi connectivity index (χ0v) is 55.7. The predicted molar refractivity (Wildman–Crippen MR) is 351 cm³/mol. The van der Waals surface area contributed by atoms with Crippen LogP contribution in [0.2, 0.25) is 0 Å². The number of allylic oxidation sites excluding steroid dienone is 5. The topological polar surface area (TPSA) is 111 Å². The number of hydrogen-bond acceptors (Lipinski definition) is 6. The molecule has 0 aliphatic carbocycles. The molecule has 81 heavy (non-hydrogen) atoms. The number of amides is 1. The Morgan fingerprint density at radius 2 is 0.716 bits per heavy atom. The first-order chi connectivity index (χ1) is 39.4. The van der Waals surface area contributed by atoms with Crippen molar-refractivity contribution in [2.45, 2.75) is 367 Å². The average molecular weight is 1160 g/mol. The van der Waals surface area contributed by atoms with Crippen molar-refractivity contribution in [1.29, 1.82) is 0 Å². The molecule has 0 spiro atoms. The zero-order chi connectivity index (χ0) is 59.3. The van der Waals surface area contributed by atoms with E-state index in [1.54, 1.807) is 0 Å². The number of rotatable bonds is 65. The highest BCUT2D eigenvalue weighted by molar-refractivity contribution is 7.47. The number of hydrogen-bond donors (Lipinski definition) is 2. The Morgan fingerprint density at radius 3 is 1.06 bits per heavy atom. The average Bonchev–Trinajstić information content (AvgIpc) is 3.44. The standard InChI is InChI=1S/C71H137N2O7P/c1-7-10-13-16-19-22-25-28-30-31-32-33-34-35-36-37-38-39-40-41-43-45-48-51-54-57-60-63-70(74)72-68(67-79-81(76,77)78-66-65-73(4,5)6)69(62-59-56-53-50-47-44-27-24-21-18-15-12-9-3)80-71(75)64-61-58-55-52-49-46-42-29-26-23-20-17-14-11-8-2/h23,26,28,30,59,62,68-69H,7-22,24-25,27,29,31-58,60-61,63-67H2,1-6H3,(H-,72,74,76,77)/p+1/b26-23-,30-28+,62-59-. The number of ether oxygens (including phenoxy) is 1. The van der Waals surface area contributed by atoms with Crippen molar-refractivity contribution < 1.29 is 37.3 Å². The van der Waals surface area contributed by atoms with Crippen molar-refractivity contribution in [3.8, 4) is 0 Å². The molecule has 3 atom stereocenters. The maximum atomic E-state index is 13.6. The van der Waals surface area contributed by atoms with Crippen molar-refractivity contribution in [3.63, 3.8) is 0 Å². The fraction of sp³-hybridized carbons (Fsp3) is 0.887. The first-order valence-electron chi connectivity index (χ1n) is 35.3. The lowest BCUT2D eigenvalue weighted by molar-refractivity contribution is -0.870. The van der Waals surface area contributed by atoms with Gasteiger partial charge < -0.3 is 19.4 Å². The van der Waals surface area contributed by atoms with Gasteiger partial charge in [-0.1, -0.05) is 295 Å². The second-order valence-corrected chi connectivity index (χ2v) is 26.9. The molecule has 0 rings (SSSR count). The van der Waals surface area contributed by atoms with Crippen LogP contribution in [0.1, 0.15) is 355 Å². The first kappa shape index (κ1) is 79.2. The molecule has 0 aromatic carbocycles. The molecular weight excluding hydrogens is 1020 g/mol. The molecule has 0 bridgehead atoms. The van der Waals surface area contributed by atoms with Gasteiger partial charge in [0.05, 0.1) is 33.8 Å². The van der Waals surface area contributed by atoms with Crippen LogP contribution in [0.4, 0.5) is 0 Å². The molecule has 0 saturated heterocycles. The smallest absolute Gasteiger partial charge is 0.456 e. The van der Waals surface area contributed by atoms with Gasteiger partial charge in [-0.25, -0.2) is 4.57 Å². The molecule has 10 heteroatoms. The van der Waals surface area contributed by atoms with Crippen LogP contribution in [0.3, 0.4) is 0 Å². The summed E-state index contributed by atoms with van der Waals surface area (Å²) in [7, 11) is 1.51. The molecular formula is C71H138N2O7P+. The predicted octanol–water partition coefficient (Wildman–Crippen LogP) is 22.2. The largest absolute Gasteiger partial charge is 0.472 e. The number of carbonyl (C=O) groups excluding carboxylic acids is 2. The van der Waals surface area contributed by atoms with Crippen molar-refractivity contribution in [2.24, 2.45) is 0 Å². The highest BCUT2D eigenvalue weighted by atomic mass is 31.2. The summed E-state index contributed by atoms with van der Waals surface area (Å²) < 4.78 is 30.8. The van der Waals surface area contributed by atoms with Gasteiger partial charge in [0.15, 0.2) is 0 Å². The number of unbranched alkanes of at least 4 members (excludes halogenated alkanes) is 45. The Bertz CT molecular complexity index is 1480. The third kappa shape index (κ3) is 62.6. The van der Waals surface area contributed by atoms with E-state index in [2.05, 4.69) is 50.4 Å². The van der Waals surface area contributed by atoms with Crippen LogP contribution in [0.25, 0.3) is 0 Å². The second kappa shape index (κ2) is 61.3. The lowest BCUT2D eigenvalue weighted by atomic mass is 10.0. The Hall–Kier alpha value is -1.77. The second-order valence-electron chi connectivity index (χ2n) is 25.4. The molecule has 1 amide bonds. The molecule has 0 saturated carbocycles. The maximum absolute atomic E-state index is 13.6. The van der Waals surface area contributed by atoms with E-state index < -0.39 is 20.0 Å². The number of carbonyl (C=O) groups is 2. The minimum atomic E-state index is -4.45. The van der Waals surface area contributed by atoms with E-state index in [9.17, 15) is 19.0 Å². The quantitative estimate of drug-likeness (QED) is 0.0205. The summed E-state index contributed by atoms with van der Waals surface area (Å²) in [5, 5.41) is 3.07. The van der Waals surface area contributed by atoms with Crippen molar-refractivity contribution in [3.05, 3.63) is 36.5 Å². The van der Waals surface area contributed by atoms with Crippen LogP contribution in [-0.2, 0) is 27.9 Å². The molecule has 0 aliphatic heterocycles. The first-order valence-corrected chi connectivity index (χ1v) is 36.8. The number of nitrogens with zero attached hydrogens (tertiary/aromatic N) is 1. The molecule has 0 radical (unpaired) electrons. The van der Waals surface area contributed by atoms with Gasteiger partial charge in [-0.05, 0) is 83.1 Å². The number of phosphoric acid groups is 1. The van der Waals surface area contributed by atoms with Crippen LogP contribution in [-0.4, -0.2) is 74.3 Å². The summed E-state index contributed by atoms with van der Waals surface area (Å²) in [4.78, 5) is 37.8. The fourth-order valence-corrected chi connectivity index (χ4v) is 11.3. The lowest BCUT2D eigenvalue weighted by Crippen LogP contribution is -2.47. The maximum Gasteiger partial charge on any atom is 0.472 e. The highest BCUT2D eigenvalue weighted by Crippen LogP contribution is 2.43. The van der Waals surface area contributed by atoms with E-state index >= 15 is 0 Å². The molecule has 0 fully saturated rings. The number of likely N-dealkylation sites (N-methyl/N-ethyl adjacent to an activating group) is 1. The Balaban J connectivity index is 5.00. The van der Waals surface area contributed by atoms with E-state index in [0.717, 1.165) is 57.8 Å². The Labute approximate surface area is 504 Å². The fourth-order valence-electron chi connectivity index (χ4n) is 10.6. The number of quaternary nitrogens is 1. The van der Waals surface area contributed by atoms with E-state index in [-0.39, 0.29) is 25.1 Å².